The SMILES string of the molecule is c1ccc(-c2ccc(N(c3ccc(-n4c5ccccc5c5cnccc54)cc3)c3ccc(-c4ccccc4)c(-c4cccc5c4oc4ccccc45)c3)cc2)cc1. The third-order valence-electron chi connectivity index (χ3n) is 11.1. The Morgan fingerprint density at radius 3 is 1.81 bits per heavy atom. The molecule has 3 heterocycles. The number of fused-ring (bicyclic) bond motifs is 6. The summed E-state index contributed by atoms with van der Waals surface area (Å²) in [5, 5.41) is 4.56. The maximum Gasteiger partial charge on any atom is 0.143 e. The van der Waals surface area contributed by atoms with Crippen LogP contribution in [-0.2, 0) is 0 Å². The third kappa shape index (κ3) is 5.58. The van der Waals surface area contributed by atoms with E-state index in [2.05, 4.69) is 203 Å². The average molecular weight is 730 g/mol. The summed E-state index contributed by atoms with van der Waals surface area (Å²) in [5.41, 5.74) is 15.1. The van der Waals surface area contributed by atoms with Crippen LogP contribution in [0.4, 0.5) is 17.1 Å². The first-order chi connectivity index (χ1) is 28.3. The lowest BCUT2D eigenvalue weighted by atomic mass is 9.92. The van der Waals surface area contributed by atoms with Gasteiger partial charge in [-0.25, -0.2) is 0 Å². The Balaban J connectivity index is 1.10. The fourth-order valence-corrected chi connectivity index (χ4v) is 8.45. The molecule has 0 unspecified atom stereocenters. The molecule has 0 saturated heterocycles. The molecule has 0 amide bonds. The Morgan fingerprint density at radius 2 is 1.02 bits per heavy atom. The number of furan rings is 1. The molecule has 268 valence electrons. The molecule has 0 atom stereocenters. The van der Waals surface area contributed by atoms with Crippen molar-refractivity contribution in [2.75, 3.05) is 4.90 Å². The molecule has 0 spiro atoms. The zero-order chi connectivity index (χ0) is 37.7. The molecule has 11 aromatic rings. The summed E-state index contributed by atoms with van der Waals surface area (Å²) in [6, 6.07) is 71.2. The first-order valence-corrected chi connectivity index (χ1v) is 19.3. The highest BCUT2D eigenvalue weighted by Crippen LogP contribution is 2.44. The minimum absolute atomic E-state index is 0.886. The molecule has 11 rings (SSSR count). The van der Waals surface area contributed by atoms with Gasteiger partial charge in [0.2, 0.25) is 0 Å². The highest BCUT2D eigenvalue weighted by molar-refractivity contribution is 6.11. The van der Waals surface area contributed by atoms with E-state index < -0.39 is 0 Å². The van der Waals surface area contributed by atoms with Crippen LogP contribution in [0.3, 0.4) is 0 Å². The predicted octanol–water partition coefficient (Wildman–Crippen LogP) is 14.5. The molecule has 4 heteroatoms. The van der Waals surface area contributed by atoms with Crippen molar-refractivity contribution >= 4 is 60.8 Å². The molecule has 0 fully saturated rings. The summed E-state index contributed by atoms with van der Waals surface area (Å²) in [6.45, 7) is 0. The highest BCUT2D eigenvalue weighted by atomic mass is 16.3. The van der Waals surface area contributed by atoms with E-state index in [0.29, 0.717) is 0 Å². The van der Waals surface area contributed by atoms with Gasteiger partial charge in [0, 0.05) is 62.3 Å². The zero-order valence-corrected chi connectivity index (χ0v) is 31.0. The van der Waals surface area contributed by atoms with Gasteiger partial charge < -0.3 is 13.9 Å². The van der Waals surface area contributed by atoms with E-state index in [1.54, 1.807) is 0 Å². The van der Waals surface area contributed by atoms with E-state index in [1.165, 1.54) is 16.5 Å². The Kier molecular flexibility index (Phi) is 7.78. The minimum Gasteiger partial charge on any atom is -0.455 e. The van der Waals surface area contributed by atoms with Gasteiger partial charge >= 0.3 is 0 Å². The van der Waals surface area contributed by atoms with E-state index in [0.717, 1.165) is 83.4 Å². The number of para-hydroxylation sites is 3. The lowest BCUT2D eigenvalue weighted by molar-refractivity contribution is 0.670. The molecule has 0 N–H and O–H groups in total. The molecule has 57 heavy (non-hydrogen) atoms. The van der Waals surface area contributed by atoms with Crippen molar-refractivity contribution in [2.24, 2.45) is 0 Å². The number of rotatable bonds is 7. The van der Waals surface area contributed by atoms with Crippen LogP contribution in [-0.4, -0.2) is 9.55 Å². The molecular formula is C53H35N3O. The van der Waals surface area contributed by atoms with Crippen molar-refractivity contribution < 1.29 is 4.42 Å². The molecule has 0 aliphatic carbocycles. The molecule has 0 saturated carbocycles. The maximum atomic E-state index is 6.64. The fourth-order valence-electron chi connectivity index (χ4n) is 8.45. The molecular weight excluding hydrogens is 695 g/mol. The molecule has 0 bridgehead atoms. The standard InChI is InChI=1S/C53H35N3O/c1-3-12-36(13-4-1)37-22-24-39(25-23-37)55(40-26-28-41(29-27-40)56-50-20-9-7-16-44(50)49-35-54-33-32-51(49)56)42-30-31-43(38-14-5-2-6-15-38)48(34-42)47-19-11-18-46-45-17-8-10-21-52(45)57-53(46)47/h1-35H. The summed E-state index contributed by atoms with van der Waals surface area (Å²) in [5.74, 6) is 0. The monoisotopic (exact) mass is 729 g/mol. The summed E-state index contributed by atoms with van der Waals surface area (Å²) in [4.78, 5) is 6.81. The Morgan fingerprint density at radius 1 is 0.404 bits per heavy atom. The number of pyridine rings is 1. The molecule has 3 aromatic heterocycles. The molecule has 0 radical (unpaired) electrons. The van der Waals surface area contributed by atoms with Gasteiger partial charge in [0.25, 0.3) is 0 Å². The Hall–Kier alpha value is -7.69. The van der Waals surface area contributed by atoms with Crippen LogP contribution in [0.1, 0.15) is 0 Å². The normalized spacial score (nSPS) is 11.5. The Bertz CT molecular complexity index is 3160. The second kappa shape index (κ2) is 13.6. The minimum atomic E-state index is 0.886. The van der Waals surface area contributed by atoms with Gasteiger partial charge in [0.05, 0.1) is 11.0 Å². The fraction of sp³-hybridized carbons (Fsp3) is 0. The van der Waals surface area contributed by atoms with Crippen LogP contribution in [0.5, 0.6) is 0 Å². The van der Waals surface area contributed by atoms with Gasteiger partial charge in [-0.1, -0.05) is 133 Å². The summed E-state index contributed by atoms with van der Waals surface area (Å²) < 4.78 is 8.97. The van der Waals surface area contributed by atoms with Gasteiger partial charge in [-0.05, 0) is 94.5 Å². The van der Waals surface area contributed by atoms with Crippen molar-refractivity contribution in [1.82, 2.24) is 9.55 Å². The first-order valence-electron chi connectivity index (χ1n) is 19.3. The van der Waals surface area contributed by atoms with Crippen molar-refractivity contribution in [3.63, 3.8) is 0 Å². The van der Waals surface area contributed by atoms with Crippen LogP contribution < -0.4 is 4.90 Å². The molecule has 8 aromatic carbocycles. The molecule has 0 aliphatic heterocycles. The van der Waals surface area contributed by atoms with E-state index in [-0.39, 0.29) is 0 Å². The second-order valence-electron chi connectivity index (χ2n) is 14.4. The number of benzene rings is 8. The number of hydrogen-bond donors (Lipinski definition) is 0. The lowest BCUT2D eigenvalue weighted by Gasteiger charge is -2.27. The van der Waals surface area contributed by atoms with Crippen LogP contribution in [0.15, 0.2) is 217 Å². The van der Waals surface area contributed by atoms with Crippen LogP contribution in [0, 0.1) is 0 Å². The van der Waals surface area contributed by atoms with Gasteiger partial charge in [0.1, 0.15) is 11.2 Å². The number of aromatic nitrogens is 2. The Labute approximate surface area is 330 Å². The quantitative estimate of drug-likeness (QED) is 0.164. The summed E-state index contributed by atoms with van der Waals surface area (Å²) in [6.07, 6.45) is 3.83. The maximum absolute atomic E-state index is 6.64. The largest absolute Gasteiger partial charge is 0.455 e. The van der Waals surface area contributed by atoms with E-state index in [1.807, 2.05) is 24.5 Å². The average Bonchev–Trinajstić information content (AvgIpc) is 3.84. The van der Waals surface area contributed by atoms with Gasteiger partial charge in [-0.2, -0.15) is 0 Å². The highest BCUT2D eigenvalue weighted by Gasteiger charge is 2.20. The molecule has 0 aliphatic rings. The lowest BCUT2D eigenvalue weighted by Crippen LogP contribution is -2.10. The van der Waals surface area contributed by atoms with E-state index >= 15 is 0 Å². The number of hydrogen-bond acceptors (Lipinski definition) is 3. The van der Waals surface area contributed by atoms with Gasteiger partial charge in [0.15, 0.2) is 0 Å². The zero-order valence-electron chi connectivity index (χ0n) is 31.0. The van der Waals surface area contributed by atoms with Crippen molar-refractivity contribution in [3.05, 3.63) is 213 Å². The van der Waals surface area contributed by atoms with Gasteiger partial charge in [-0.3, -0.25) is 4.98 Å². The second-order valence-corrected chi connectivity index (χ2v) is 14.4. The summed E-state index contributed by atoms with van der Waals surface area (Å²) in [7, 11) is 0. The number of anilines is 3. The van der Waals surface area contributed by atoms with E-state index in [9.17, 15) is 0 Å². The summed E-state index contributed by atoms with van der Waals surface area (Å²) >= 11 is 0. The van der Waals surface area contributed by atoms with E-state index in [4.69, 9.17) is 4.42 Å². The van der Waals surface area contributed by atoms with Crippen LogP contribution in [0.25, 0.3) is 82.8 Å². The number of nitrogens with zero attached hydrogens (tertiary/aromatic N) is 3. The molecule has 4 nitrogen and oxygen atoms in total. The third-order valence-corrected chi connectivity index (χ3v) is 11.1. The van der Waals surface area contributed by atoms with Crippen molar-refractivity contribution in [1.29, 1.82) is 0 Å². The van der Waals surface area contributed by atoms with Gasteiger partial charge in [-0.15, -0.1) is 0 Å². The van der Waals surface area contributed by atoms with Crippen molar-refractivity contribution in [2.45, 2.75) is 0 Å². The first kappa shape index (κ1) is 32.7. The van der Waals surface area contributed by atoms with Crippen molar-refractivity contribution in [3.8, 4) is 39.1 Å². The van der Waals surface area contributed by atoms with Crippen LogP contribution >= 0.6 is 0 Å². The van der Waals surface area contributed by atoms with Crippen LogP contribution in [0.2, 0.25) is 0 Å². The topological polar surface area (TPSA) is 34.2 Å². The smallest absolute Gasteiger partial charge is 0.143 e. The predicted molar refractivity (Wildman–Crippen MR) is 237 cm³/mol.